The molecule has 3 heteroatoms. The zero-order chi connectivity index (χ0) is 7.49. The number of carbonyl (C=O) groups is 2. The van der Waals surface area contributed by atoms with Crippen LogP contribution in [0.5, 0.6) is 0 Å². The van der Waals surface area contributed by atoms with Gasteiger partial charge in [-0.1, -0.05) is 0 Å². The van der Waals surface area contributed by atoms with Crippen molar-refractivity contribution in [2.45, 2.75) is 25.9 Å². The van der Waals surface area contributed by atoms with Gasteiger partial charge in [-0.3, -0.25) is 4.79 Å². The standard InChI is InChI=1S/C6H10O3/c1-5(8)6(2,9)3-4-7/h4,9H,3H2,1-2H3. The first-order valence-corrected chi connectivity index (χ1v) is 2.68. The van der Waals surface area contributed by atoms with E-state index in [1.54, 1.807) is 0 Å². The summed E-state index contributed by atoms with van der Waals surface area (Å²) in [7, 11) is 0. The van der Waals surface area contributed by atoms with E-state index < -0.39 is 5.60 Å². The summed E-state index contributed by atoms with van der Waals surface area (Å²) < 4.78 is 0. The highest BCUT2D eigenvalue weighted by Crippen LogP contribution is 2.07. The van der Waals surface area contributed by atoms with Crippen molar-refractivity contribution in [1.29, 1.82) is 0 Å². The molecule has 0 aliphatic heterocycles. The van der Waals surface area contributed by atoms with E-state index in [1.807, 2.05) is 0 Å². The van der Waals surface area contributed by atoms with Crippen molar-refractivity contribution in [1.82, 2.24) is 0 Å². The molecular formula is C6H10O3. The Balaban J connectivity index is 4.00. The summed E-state index contributed by atoms with van der Waals surface area (Å²) in [5.41, 5.74) is -1.46. The number of aldehydes is 1. The Hall–Kier alpha value is -0.700. The molecule has 52 valence electrons. The van der Waals surface area contributed by atoms with Crippen molar-refractivity contribution in [3.8, 4) is 0 Å². The molecule has 0 saturated carbocycles. The lowest BCUT2D eigenvalue weighted by Gasteiger charge is -2.14. The Morgan fingerprint density at radius 2 is 2.22 bits per heavy atom. The quantitative estimate of drug-likeness (QED) is 0.543. The number of aliphatic hydroxyl groups is 1. The van der Waals surface area contributed by atoms with Crippen LogP contribution in [0.15, 0.2) is 0 Å². The zero-order valence-electron chi connectivity index (χ0n) is 5.55. The molecule has 0 aliphatic rings. The fraction of sp³-hybridized carbons (Fsp3) is 0.667. The van der Waals surface area contributed by atoms with Gasteiger partial charge in [0.25, 0.3) is 0 Å². The van der Waals surface area contributed by atoms with E-state index in [1.165, 1.54) is 13.8 Å². The van der Waals surface area contributed by atoms with Crippen LogP contribution in [0.25, 0.3) is 0 Å². The summed E-state index contributed by atoms with van der Waals surface area (Å²) in [6, 6.07) is 0. The third kappa shape index (κ3) is 2.37. The van der Waals surface area contributed by atoms with Crippen molar-refractivity contribution in [2.24, 2.45) is 0 Å². The first kappa shape index (κ1) is 8.30. The Morgan fingerprint density at radius 1 is 1.78 bits per heavy atom. The first-order valence-electron chi connectivity index (χ1n) is 2.68. The van der Waals surface area contributed by atoms with Crippen LogP contribution in [0.4, 0.5) is 0 Å². The molecule has 0 aromatic heterocycles. The van der Waals surface area contributed by atoms with Crippen LogP contribution in [-0.4, -0.2) is 22.8 Å². The van der Waals surface area contributed by atoms with Crippen LogP contribution in [-0.2, 0) is 9.59 Å². The van der Waals surface area contributed by atoms with Crippen LogP contribution in [0, 0.1) is 0 Å². The minimum absolute atomic E-state index is 0.123. The van der Waals surface area contributed by atoms with Crippen molar-refractivity contribution >= 4 is 12.1 Å². The van der Waals surface area contributed by atoms with Crippen molar-refractivity contribution in [3.05, 3.63) is 0 Å². The second-order valence-corrected chi connectivity index (χ2v) is 2.20. The zero-order valence-corrected chi connectivity index (χ0v) is 5.55. The summed E-state index contributed by atoms with van der Waals surface area (Å²) in [4.78, 5) is 20.3. The van der Waals surface area contributed by atoms with Gasteiger partial charge in [0.1, 0.15) is 11.9 Å². The van der Waals surface area contributed by atoms with Crippen LogP contribution < -0.4 is 0 Å². The molecule has 0 saturated heterocycles. The summed E-state index contributed by atoms with van der Waals surface area (Å²) in [5.74, 6) is -0.380. The van der Waals surface area contributed by atoms with Crippen LogP contribution in [0.1, 0.15) is 20.3 Å². The van der Waals surface area contributed by atoms with E-state index in [0.29, 0.717) is 6.29 Å². The highest BCUT2D eigenvalue weighted by molar-refractivity contribution is 5.86. The van der Waals surface area contributed by atoms with E-state index >= 15 is 0 Å². The SMILES string of the molecule is CC(=O)C(C)(O)CC=O. The third-order valence-electron chi connectivity index (χ3n) is 1.24. The molecule has 0 radical (unpaired) electrons. The van der Waals surface area contributed by atoms with E-state index in [-0.39, 0.29) is 12.2 Å². The monoisotopic (exact) mass is 130 g/mol. The molecule has 1 atom stereocenters. The highest BCUT2D eigenvalue weighted by atomic mass is 16.3. The molecule has 3 nitrogen and oxygen atoms in total. The summed E-state index contributed by atoms with van der Waals surface area (Å²) in [6.07, 6.45) is 0.406. The van der Waals surface area contributed by atoms with Crippen molar-refractivity contribution < 1.29 is 14.7 Å². The second-order valence-electron chi connectivity index (χ2n) is 2.20. The second kappa shape index (κ2) is 2.73. The van der Waals surface area contributed by atoms with Gasteiger partial charge >= 0.3 is 0 Å². The van der Waals surface area contributed by atoms with Gasteiger partial charge in [-0.25, -0.2) is 0 Å². The fourth-order valence-electron chi connectivity index (χ4n) is 0.306. The lowest BCUT2D eigenvalue weighted by atomic mass is 9.99. The summed E-state index contributed by atoms with van der Waals surface area (Å²) in [6.45, 7) is 2.58. The first-order chi connectivity index (χ1) is 4.00. The van der Waals surface area contributed by atoms with Gasteiger partial charge in [-0.15, -0.1) is 0 Å². The van der Waals surface area contributed by atoms with Crippen LogP contribution in [0.3, 0.4) is 0 Å². The summed E-state index contributed by atoms with van der Waals surface area (Å²) >= 11 is 0. The topological polar surface area (TPSA) is 54.4 Å². The van der Waals surface area contributed by atoms with Gasteiger partial charge in [0.05, 0.1) is 0 Å². The molecule has 0 fully saturated rings. The number of hydrogen-bond acceptors (Lipinski definition) is 3. The Labute approximate surface area is 53.7 Å². The maximum atomic E-state index is 10.4. The van der Waals surface area contributed by atoms with Crippen molar-refractivity contribution in [3.63, 3.8) is 0 Å². The van der Waals surface area contributed by atoms with Gasteiger partial charge in [-0.05, 0) is 13.8 Å². The normalized spacial score (nSPS) is 16.3. The lowest BCUT2D eigenvalue weighted by Crippen LogP contribution is -2.33. The van der Waals surface area contributed by atoms with Crippen molar-refractivity contribution in [2.75, 3.05) is 0 Å². The molecule has 0 rings (SSSR count). The molecule has 0 aromatic rings. The molecule has 0 amide bonds. The molecule has 0 spiro atoms. The summed E-state index contributed by atoms with van der Waals surface area (Å²) in [5, 5.41) is 9.01. The maximum Gasteiger partial charge on any atom is 0.161 e. The van der Waals surface area contributed by atoms with Gasteiger partial charge in [0.2, 0.25) is 0 Å². The maximum absolute atomic E-state index is 10.4. The predicted octanol–water partition coefficient (Wildman–Crippen LogP) is -0.0846. The van der Waals surface area contributed by atoms with E-state index in [4.69, 9.17) is 5.11 Å². The van der Waals surface area contributed by atoms with Gasteiger partial charge in [0.15, 0.2) is 5.78 Å². The fourth-order valence-corrected chi connectivity index (χ4v) is 0.306. The number of rotatable bonds is 3. The molecule has 0 bridgehead atoms. The number of ketones is 1. The number of hydrogen-bond donors (Lipinski definition) is 1. The minimum Gasteiger partial charge on any atom is -0.382 e. The van der Waals surface area contributed by atoms with Crippen LogP contribution in [0.2, 0.25) is 0 Å². The number of Topliss-reactive ketones (excluding diaryl/α,β-unsaturated/α-hetero) is 1. The van der Waals surface area contributed by atoms with Gasteiger partial charge < -0.3 is 9.90 Å². The van der Waals surface area contributed by atoms with Crippen LogP contribution >= 0.6 is 0 Å². The molecule has 1 unspecified atom stereocenters. The third-order valence-corrected chi connectivity index (χ3v) is 1.24. The Morgan fingerprint density at radius 3 is 2.33 bits per heavy atom. The number of carbonyl (C=O) groups excluding carboxylic acids is 2. The highest BCUT2D eigenvalue weighted by Gasteiger charge is 2.24. The smallest absolute Gasteiger partial charge is 0.161 e. The van der Waals surface area contributed by atoms with E-state index in [0.717, 1.165) is 0 Å². The minimum atomic E-state index is -1.46. The average molecular weight is 130 g/mol. The average Bonchev–Trinajstić information content (AvgIpc) is 1.65. The Kier molecular flexibility index (Phi) is 2.52. The molecule has 9 heavy (non-hydrogen) atoms. The molecular weight excluding hydrogens is 120 g/mol. The molecule has 0 heterocycles. The van der Waals surface area contributed by atoms with Gasteiger partial charge in [0, 0.05) is 6.42 Å². The van der Waals surface area contributed by atoms with E-state index in [2.05, 4.69) is 0 Å². The molecule has 1 N–H and O–H groups in total. The molecule has 0 aliphatic carbocycles. The lowest BCUT2D eigenvalue weighted by molar-refractivity contribution is -0.136. The van der Waals surface area contributed by atoms with E-state index in [9.17, 15) is 9.59 Å². The Bertz CT molecular complexity index is 126. The predicted molar refractivity (Wildman–Crippen MR) is 32.0 cm³/mol. The van der Waals surface area contributed by atoms with Gasteiger partial charge in [-0.2, -0.15) is 0 Å². The largest absolute Gasteiger partial charge is 0.382 e. The molecule has 0 aromatic carbocycles.